The number of hydrogen-bond acceptors (Lipinski definition) is 2. The predicted molar refractivity (Wildman–Crippen MR) is 51.4 cm³/mol. The number of nitrogens with one attached hydrogen (secondary N) is 1. The minimum Gasteiger partial charge on any atom is -0.339 e. The number of hydrazone groups is 1. The molecule has 1 aliphatic rings. The van der Waals surface area contributed by atoms with E-state index in [0.717, 1.165) is 5.01 Å². The average Bonchev–Trinajstić information content (AvgIpc) is 2.16. The molecule has 1 rings (SSSR count). The van der Waals surface area contributed by atoms with Crippen LogP contribution in [-0.2, 0) is 0 Å². The fourth-order valence-corrected chi connectivity index (χ4v) is 0.934. The number of urea groups is 1. The van der Waals surface area contributed by atoms with Crippen LogP contribution in [0.1, 0.15) is 0 Å². The van der Waals surface area contributed by atoms with Gasteiger partial charge in [0.25, 0.3) is 0 Å². The van der Waals surface area contributed by atoms with Crippen LogP contribution < -0.4 is 5.32 Å². The molecule has 0 radical (unpaired) electrons. The molecule has 0 atom stereocenters. The third-order valence-electron chi connectivity index (χ3n) is 1.39. The first-order valence-electron chi connectivity index (χ1n) is 3.53. The molecule has 1 aliphatic heterocycles. The largest absolute Gasteiger partial charge is 0.342 e. The first-order chi connectivity index (χ1) is 6.19. The lowest BCUT2D eigenvalue weighted by atomic mass is 10.3. The maximum absolute atomic E-state index is 11.2. The number of carbonyl (C=O) groups is 1. The smallest absolute Gasteiger partial charge is 0.339 e. The van der Waals surface area contributed by atoms with Gasteiger partial charge in [-0.25, -0.2) is 4.79 Å². The first-order valence-corrected chi connectivity index (χ1v) is 3.91. The highest BCUT2D eigenvalue weighted by molar-refractivity contribution is 6.68. The van der Waals surface area contributed by atoms with Gasteiger partial charge in [0.05, 0.1) is 0 Å². The van der Waals surface area contributed by atoms with E-state index in [9.17, 15) is 4.79 Å². The van der Waals surface area contributed by atoms with E-state index in [2.05, 4.69) is 22.7 Å². The second-order valence-corrected chi connectivity index (χ2v) is 2.57. The van der Waals surface area contributed by atoms with Gasteiger partial charge >= 0.3 is 6.03 Å². The molecule has 68 valence electrons. The summed E-state index contributed by atoms with van der Waals surface area (Å²) in [4.78, 5) is 11.2. The van der Waals surface area contributed by atoms with Gasteiger partial charge in [-0.3, -0.25) is 0 Å². The number of allylic oxidation sites excluding steroid dienone is 2. The summed E-state index contributed by atoms with van der Waals surface area (Å²) in [7, 11) is 1.50. The lowest BCUT2D eigenvalue weighted by Crippen LogP contribution is -2.34. The maximum atomic E-state index is 11.2. The quantitative estimate of drug-likeness (QED) is 0.587. The van der Waals surface area contributed by atoms with Crippen molar-refractivity contribution in [2.24, 2.45) is 5.10 Å². The van der Waals surface area contributed by atoms with E-state index in [0.29, 0.717) is 5.70 Å². The Morgan fingerprint density at radius 2 is 2.46 bits per heavy atom. The van der Waals surface area contributed by atoms with Crippen LogP contribution in [0.3, 0.4) is 0 Å². The van der Waals surface area contributed by atoms with Gasteiger partial charge in [-0.15, -0.1) is 5.73 Å². The molecular weight excluding hydrogens is 190 g/mol. The zero-order valence-electron chi connectivity index (χ0n) is 7.04. The molecule has 1 heterocycles. The van der Waals surface area contributed by atoms with E-state index >= 15 is 0 Å². The van der Waals surface area contributed by atoms with E-state index in [-0.39, 0.29) is 11.2 Å². The van der Waals surface area contributed by atoms with Crippen LogP contribution in [0.15, 0.2) is 35.3 Å². The minimum atomic E-state index is -0.381. The van der Waals surface area contributed by atoms with Gasteiger partial charge in [-0.1, -0.05) is 18.2 Å². The second kappa shape index (κ2) is 3.94. The van der Waals surface area contributed by atoms with Crippen molar-refractivity contribution < 1.29 is 4.79 Å². The van der Waals surface area contributed by atoms with E-state index in [1.165, 1.54) is 7.05 Å². The molecule has 0 spiro atoms. The molecular formula is C8H8ClN3O. The van der Waals surface area contributed by atoms with E-state index in [1.54, 1.807) is 12.2 Å². The zero-order valence-corrected chi connectivity index (χ0v) is 7.80. The number of carbonyl (C=O) groups excluding carboxylic acids is 1. The Labute approximate surface area is 80.9 Å². The van der Waals surface area contributed by atoms with Gasteiger partial charge in [-0.05, 0) is 12.2 Å². The first kappa shape index (κ1) is 9.58. The summed E-state index contributed by atoms with van der Waals surface area (Å²) < 4.78 is 0. The molecule has 0 aromatic rings. The molecule has 5 heteroatoms. The monoisotopic (exact) mass is 197 g/mol. The van der Waals surface area contributed by atoms with Gasteiger partial charge in [0.1, 0.15) is 10.9 Å². The number of rotatable bonds is 0. The molecule has 0 saturated carbocycles. The van der Waals surface area contributed by atoms with Crippen LogP contribution in [0.25, 0.3) is 0 Å². The van der Waals surface area contributed by atoms with Crippen LogP contribution in [0.2, 0.25) is 0 Å². The summed E-state index contributed by atoms with van der Waals surface area (Å²) >= 11 is 5.61. The Morgan fingerprint density at radius 3 is 3.00 bits per heavy atom. The van der Waals surface area contributed by atoms with Crippen molar-refractivity contribution in [3.8, 4) is 0 Å². The molecule has 0 bridgehead atoms. The third kappa shape index (κ3) is 1.99. The minimum absolute atomic E-state index is 0.239. The van der Waals surface area contributed by atoms with E-state index in [4.69, 9.17) is 11.6 Å². The molecule has 2 amide bonds. The fraction of sp³-hybridized carbons (Fsp3) is 0.125. The lowest BCUT2D eigenvalue weighted by Gasteiger charge is -2.18. The van der Waals surface area contributed by atoms with Gasteiger partial charge < -0.3 is 5.32 Å². The number of nitrogens with zero attached hydrogens (tertiary/aromatic N) is 2. The van der Waals surface area contributed by atoms with Crippen molar-refractivity contribution in [2.75, 3.05) is 7.05 Å². The zero-order chi connectivity index (χ0) is 9.84. The molecule has 0 unspecified atom stereocenters. The summed E-state index contributed by atoms with van der Waals surface area (Å²) in [6, 6.07) is -0.381. The molecule has 0 aliphatic carbocycles. The Balaban J connectivity index is 3.00. The predicted octanol–water partition coefficient (Wildman–Crippen LogP) is 1.42. The van der Waals surface area contributed by atoms with Crippen LogP contribution in [-0.4, -0.2) is 23.3 Å². The third-order valence-corrected chi connectivity index (χ3v) is 1.59. The van der Waals surface area contributed by atoms with Crippen molar-refractivity contribution in [1.29, 1.82) is 0 Å². The Morgan fingerprint density at radius 1 is 1.77 bits per heavy atom. The maximum Gasteiger partial charge on any atom is 0.342 e. The van der Waals surface area contributed by atoms with Crippen LogP contribution >= 0.6 is 11.6 Å². The molecule has 0 aromatic heterocycles. The van der Waals surface area contributed by atoms with Crippen molar-refractivity contribution >= 4 is 22.8 Å². The summed E-state index contributed by atoms with van der Waals surface area (Å²) in [5, 5.41) is 7.53. The van der Waals surface area contributed by atoms with Crippen molar-refractivity contribution in [2.45, 2.75) is 0 Å². The highest BCUT2D eigenvalue weighted by atomic mass is 35.5. The van der Waals surface area contributed by atoms with Crippen LogP contribution in [0.5, 0.6) is 0 Å². The Kier molecular flexibility index (Phi) is 2.90. The topological polar surface area (TPSA) is 44.7 Å². The van der Waals surface area contributed by atoms with E-state index < -0.39 is 0 Å². The molecule has 4 nitrogen and oxygen atoms in total. The number of amides is 2. The second-order valence-electron chi connectivity index (χ2n) is 2.19. The van der Waals surface area contributed by atoms with Gasteiger partial charge in [-0.2, -0.15) is 10.1 Å². The Bertz CT molecular complexity index is 339. The molecule has 0 fully saturated rings. The highest BCUT2D eigenvalue weighted by Crippen LogP contribution is 2.12. The summed E-state index contributed by atoms with van der Waals surface area (Å²) in [5.74, 6) is 0. The highest BCUT2D eigenvalue weighted by Gasteiger charge is 2.17. The standard InChI is InChI=1S/C8H8ClN3O/c1-3-6-4-5-7(9)11-12(6)8(13)10-2/h4-5H,1H2,2H3,(H,10,13). The van der Waals surface area contributed by atoms with Crippen molar-refractivity contribution in [3.05, 3.63) is 30.2 Å². The van der Waals surface area contributed by atoms with Crippen LogP contribution in [0, 0.1) is 0 Å². The lowest BCUT2D eigenvalue weighted by molar-refractivity contribution is 0.216. The van der Waals surface area contributed by atoms with Crippen LogP contribution in [0.4, 0.5) is 4.79 Å². The Hall–Kier alpha value is -1.51. The normalized spacial score (nSPS) is 15.1. The molecule has 13 heavy (non-hydrogen) atoms. The summed E-state index contributed by atoms with van der Waals surface area (Å²) in [5.41, 5.74) is 3.03. The van der Waals surface area contributed by atoms with E-state index in [1.807, 2.05) is 0 Å². The molecule has 0 saturated heterocycles. The van der Waals surface area contributed by atoms with Crippen molar-refractivity contribution in [1.82, 2.24) is 10.3 Å². The fourth-order valence-electron chi connectivity index (χ4n) is 0.796. The molecule has 0 aromatic carbocycles. The summed E-state index contributed by atoms with van der Waals surface area (Å²) in [6.45, 7) is 3.43. The SMILES string of the molecule is C=C=C1C=CC(Cl)=NN1C(=O)NC. The summed E-state index contributed by atoms with van der Waals surface area (Å²) in [6.07, 6.45) is 3.17. The van der Waals surface area contributed by atoms with Gasteiger partial charge in [0.2, 0.25) is 0 Å². The van der Waals surface area contributed by atoms with Gasteiger partial charge in [0, 0.05) is 7.05 Å². The molecule has 1 N–H and O–H groups in total. The van der Waals surface area contributed by atoms with Crippen molar-refractivity contribution in [3.63, 3.8) is 0 Å². The average molecular weight is 198 g/mol. The van der Waals surface area contributed by atoms with Gasteiger partial charge in [0.15, 0.2) is 0 Å². The number of halogens is 1. The number of hydrogen-bond donors (Lipinski definition) is 1.